The molecule has 0 heterocycles. The van der Waals surface area contributed by atoms with Gasteiger partial charge in [-0.15, -0.1) is 0 Å². The SMILES string of the molecule is CCN(CC)c1ccc(CNCC(C)(O)CN(C)C)cc1. The van der Waals surface area contributed by atoms with E-state index in [-0.39, 0.29) is 0 Å². The predicted octanol–water partition coefficient (Wildman–Crippen LogP) is 1.93. The Morgan fingerprint density at radius 2 is 1.67 bits per heavy atom. The van der Waals surface area contributed by atoms with Crippen LogP contribution in [0.4, 0.5) is 5.69 Å². The first kappa shape index (κ1) is 18.0. The molecule has 0 aromatic heterocycles. The molecule has 0 bridgehead atoms. The molecule has 0 fully saturated rings. The Hall–Kier alpha value is -1.10. The molecule has 1 aromatic rings. The number of aliphatic hydroxyl groups is 1. The van der Waals surface area contributed by atoms with Gasteiger partial charge < -0.3 is 20.2 Å². The molecule has 0 aliphatic heterocycles. The van der Waals surface area contributed by atoms with Crippen LogP contribution in [0, 0.1) is 0 Å². The second-order valence-electron chi connectivity index (χ2n) is 6.18. The van der Waals surface area contributed by atoms with Crippen LogP contribution < -0.4 is 10.2 Å². The predicted molar refractivity (Wildman–Crippen MR) is 90.9 cm³/mol. The van der Waals surface area contributed by atoms with Gasteiger partial charge in [-0.25, -0.2) is 0 Å². The third-order valence-corrected chi connectivity index (χ3v) is 3.56. The van der Waals surface area contributed by atoms with Gasteiger partial charge in [-0.3, -0.25) is 0 Å². The highest BCUT2D eigenvalue weighted by molar-refractivity contribution is 5.47. The van der Waals surface area contributed by atoms with E-state index in [2.05, 4.69) is 48.3 Å². The highest BCUT2D eigenvalue weighted by atomic mass is 16.3. The number of nitrogens with zero attached hydrogens (tertiary/aromatic N) is 2. The summed E-state index contributed by atoms with van der Waals surface area (Å²) in [5.41, 5.74) is 1.81. The van der Waals surface area contributed by atoms with Crippen molar-refractivity contribution in [3.63, 3.8) is 0 Å². The lowest BCUT2D eigenvalue weighted by Crippen LogP contribution is -2.45. The van der Waals surface area contributed by atoms with Crippen molar-refractivity contribution < 1.29 is 5.11 Å². The van der Waals surface area contributed by atoms with Gasteiger partial charge in [-0.2, -0.15) is 0 Å². The summed E-state index contributed by atoms with van der Waals surface area (Å²) < 4.78 is 0. The van der Waals surface area contributed by atoms with E-state index in [1.807, 2.05) is 25.9 Å². The minimum atomic E-state index is -0.704. The Kier molecular flexibility index (Phi) is 7.15. The van der Waals surface area contributed by atoms with E-state index in [1.165, 1.54) is 11.3 Å². The summed E-state index contributed by atoms with van der Waals surface area (Å²) in [5.74, 6) is 0. The lowest BCUT2D eigenvalue weighted by atomic mass is 10.1. The Morgan fingerprint density at radius 1 is 1.10 bits per heavy atom. The molecule has 0 saturated carbocycles. The van der Waals surface area contributed by atoms with E-state index in [9.17, 15) is 5.11 Å². The summed E-state index contributed by atoms with van der Waals surface area (Å²) in [6.07, 6.45) is 0. The first-order valence-corrected chi connectivity index (χ1v) is 7.79. The van der Waals surface area contributed by atoms with Crippen molar-refractivity contribution in [3.8, 4) is 0 Å². The number of benzene rings is 1. The topological polar surface area (TPSA) is 38.7 Å². The minimum Gasteiger partial charge on any atom is -0.388 e. The van der Waals surface area contributed by atoms with E-state index in [4.69, 9.17) is 0 Å². The van der Waals surface area contributed by atoms with Crippen LogP contribution in [-0.4, -0.2) is 55.9 Å². The molecule has 1 atom stereocenters. The number of anilines is 1. The average molecular weight is 293 g/mol. The molecule has 4 heteroatoms. The van der Waals surface area contributed by atoms with Gasteiger partial charge in [0.2, 0.25) is 0 Å². The van der Waals surface area contributed by atoms with Crippen LogP contribution in [0.1, 0.15) is 26.3 Å². The third-order valence-electron chi connectivity index (χ3n) is 3.56. The lowest BCUT2D eigenvalue weighted by Gasteiger charge is -2.27. The van der Waals surface area contributed by atoms with Crippen LogP contribution >= 0.6 is 0 Å². The molecule has 1 unspecified atom stereocenters. The number of likely N-dealkylation sites (N-methyl/N-ethyl adjacent to an activating group) is 1. The summed E-state index contributed by atoms with van der Waals surface area (Å²) >= 11 is 0. The van der Waals surface area contributed by atoms with Crippen LogP contribution in [0.5, 0.6) is 0 Å². The lowest BCUT2D eigenvalue weighted by molar-refractivity contribution is 0.0336. The maximum absolute atomic E-state index is 10.2. The second-order valence-corrected chi connectivity index (χ2v) is 6.18. The van der Waals surface area contributed by atoms with Crippen LogP contribution in [0.25, 0.3) is 0 Å². The summed E-state index contributed by atoms with van der Waals surface area (Å²) in [7, 11) is 3.95. The van der Waals surface area contributed by atoms with Crippen molar-refractivity contribution in [2.75, 3.05) is 45.2 Å². The Morgan fingerprint density at radius 3 is 2.14 bits per heavy atom. The van der Waals surface area contributed by atoms with E-state index < -0.39 is 5.60 Å². The van der Waals surface area contributed by atoms with E-state index >= 15 is 0 Å². The van der Waals surface area contributed by atoms with Crippen molar-refractivity contribution in [1.29, 1.82) is 0 Å². The van der Waals surface area contributed by atoms with Crippen molar-refractivity contribution in [2.24, 2.45) is 0 Å². The summed E-state index contributed by atoms with van der Waals surface area (Å²) in [6, 6.07) is 8.65. The molecule has 0 amide bonds. The maximum atomic E-state index is 10.2. The molecule has 4 nitrogen and oxygen atoms in total. The molecule has 0 saturated heterocycles. The van der Waals surface area contributed by atoms with Crippen molar-refractivity contribution in [2.45, 2.75) is 32.9 Å². The zero-order valence-corrected chi connectivity index (χ0v) is 14.2. The molecule has 0 aliphatic rings. The molecule has 0 aliphatic carbocycles. The van der Waals surface area contributed by atoms with E-state index in [0.717, 1.165) is 19.6 Å². The largest absolute Gasteiger partial charge is 0.388 e. The van der Waals surface area contributed by atoms with Gasteiger partial charge in [-0.05, 0) is 52.6 Å². The Bertz CT molecular complexity index is 397. The highest BCUT2D eigenvalue weighted by Gasteiger charge is 2.20. The van der Waals surface area contributed by atoms with Crippen molar-refractivity contribution in [3.05, 3.63) is 29.8 Å². The maximum Gasteiger partial charge on any atom is 0.0869 e. The van der Waals surface area contributed by atoms with E-state index in [0.29, 0.717) is 13.1 Å². The molecule has 0 radical (unpaired) electrons. The standard InChI is InChI=1S/C17H31N3O/c1-6-20(7-2)16-10-8-15(9-11-16)12-18-13-17(3,21)14-19(4)5/h8-11,18,21H,6-7,12-14H2,1-5H3. The van der Waals surface area contributed by atoms with Crippen molar-refractivity contribution >= 4 is 5.69 Å². The zero-order chi connectivity index (χ0) is 15.9. The normalized spacial score (nSPS) is 14.2. The molecule has 1 aromatic carbocycles. The fraction of sp³-hybridized carbons (Fsp3) is 0.647. The quantitative estimate of drug-likeness (QED) is 0.730. The summed E-state index contributed by atoms with van der Waals surface area (Å²) in [6.45, 7) is 10.3. The Balaban J connectivity index is 2.46. The average Bonchev–Trinajstić information content (AvgIpc) is 2.40. The van der Waals surface area contributed by atoms with Crippen molar-refractivity contribution in [1.82, 2.24) is 10.2 Å². The van der Waals surface area contributed by atoms with Crippen LogP contribution in [-0.2, 0) is 6.54 Å². The van der Waals surface area contributed by atoms with Gasteiger partial charge in [0.1, 0.15) is 0 Å². The van der Waals surface area contributed by atoms with Crippen LogP contribution in [0.15, 0.2) is 24.3 Å². The zero-order valence-electron chi connectivity index (χ0n) is 14.2. The number of hydrogen-bond donors (Lipinski definition) is 2. The second kappa shape index (κ2) is 8.37. The molecule has 1 rings (SSSR count). The summed E-state index contributed by atoms with van der Waals surface area (Å²) in [4.78, 5) is 4.33. The fourth-order valence-electron chi connectivity index (χ4n) is 2.63. The molecular formula is C17H31N3O. The Labute approximate surface area is 129 Å². The van der Waals surface area contributed by atoms with Gasteiger partial charge >= 0.3 is 0 Å². The van der Waals surface area contributed by atoms with Gasteiger partial charge in [0.25, 0.3) is 0 Å². The molecule has 0 spiro atoms. The van der Waals surface area contributed by atoms with E-state index in [1.54, 1.807) is 0 Å². The van der Waals surface area contributed by atoms with Gasteiger partial charge in [0.15, 0.2) is 0 Å². The fourth-order valence-corrected chi connectivity index (χ4v) is 2.63. The first-order chi connectivity index (χ1) is 9.88. The third kappa shape index (κ3) is 6.46. The van der Waals surface area contributed by atoms with Crippen LogP contribution in [0.2, 0.25) is 0 Å². The van der Waals surface area contributed by atoms with Gasteiger partial charge in [0, 0.05) is 38.4 Å². The van der Waals surface area contributed by atoms with Gasteiger partial charge in [-0.1, -0.05) is 12.1 Å². The summed E-state index contributed by atoms with van der Waals surface area (Å²) in [5, 5.41) is 13.6. The highest BCUT2D eigenvalue weighted by Crippen LogP contribution is 2.15. The minimum absolute atomic E-state index is 0.586. The van der Waals surface area contributed by atoms with Crippen LogP contribution in [0.3, 0.4) is 0 Å². The molecule has 2 N–H and O–H groups in total. The number of rotatable bonds is 9. The smallest absolute Gasteiger partial charge is 0.0869 e. The first-order valence-electron chi connectivity index (χ1n) is 7.79. The number of hydrogen-bond acceptors (Lipinski definition) is 4. The monoisotopic (exact) mass is 293 g/mol. The molecule has 21 heavy (non-hydrogen) atoms. The molecular weight excluding hydrogens is 262 g/mol. The number of nitrogens with one attached hydrogen (secondary N) is 1. The molecule has 120 valence electrons. The van der Waals surface area contributed by atoms with Gasteiger partial charge in [0.05, 0.1) is 5.60 Å².